The van der Waals surface area contributed by atoms with Gasteiger partial charge in [0.25, 0.3) is 15.9 Å². The number of carbonyl (C=O) groups is 1. The number of fused-ring (bicyclic) bond motifs is 1. The number of nitrogens with zero attached hydrogens (tertiary/aromatic N) is 2. The molecule has 1 aliphatic heterocycles. The first-order chi connectivity index (χ1) is 13.3. The average molecular weight is 496 g/mol. The third kappa shape index (κ3) is 3.67. The number of piperazine rings is 1. The molecule has 3 heterocycles. The fourth-order valence-corrected chi connectivity index (χ4v) is 7.83. The second-order valence-electron chi connectivity index (χ2n) is 6.14. The molecule has 0 unspecified atom stereocenters. The molecule has 1 aromatic carbocycles. The predicted molar refractivity (Wildman–Crippen MR) is 116 cm³/mol. The summed E-state index contributed by atoms with van der Waals surface area (Å²) in [6.45, 7) is 1.03. The third-order valence-corrected chi connectivity index (χ3v) is 9.93. The van der Waals surface area contributed by atoms with Crippen LogP contribution in [0.15, 0.2) is 34.5 Å². The van der Waals surface area contributed by atoms with Crippen molar-refractivity contribution in [2.45, 2.75) is 4.21 Å². The average Bonchev–Trinajstić information content (AvgIpc) is 3.25. The van der Waals surface area contributed by atoms with E-state index < -0.39 is 10.0 Å². The van der Waals surface area contributed by atoms with Crippen molar-refractivity contribution < 1.29 is 13.2 Å². The molecular weight excluding hydrogens is 483 g/mol. The van der Waals surface area contributed by atoms with E-state index >= 15 is 0 Å². The van der Waals surface area contributed by atoms with Gasteiger partial charge in [-0.25, -0.2) is 8.42 Å². The van der Waals surface area contributed by atoms with Gasteiger partial charge in [0.05, 0.1) is 9.36 Å². The number of hydrogen-bond acceptors (Lipinski definition) is 5. The van der Waals surface area contributed by atoms with Gasteiger partial charge in [0, 0.05) is 41.3 Å². The molecule has 0 aliphatic carbocycles. The Morgan fingerprint density at radius 2 is 1.68 bits per heavy atom. The molecule has 5 nitrogen and oxygen atoms in total. The second kappa shape index (κ2) is 7.75. The van der Waals surface area contributed by atoms with Crippen LogP contribution in [0.1, 0.15) is 9.67 Å². The molecule has 0 spiro atoms. The molecular formula is C17H13Cl3N2O3S3. The van der Waals surface area contributed by atoms with Crippen LogP contribution >= 0.6 is 57.5 Å². The van der Waals surface area contributed by atoms with E-state index in [2.05, 4.69) is 0 Å². The zero-order valence-corrected chi connectivity index (χ0v) is 18.9. The van der Waals surface area contributed by atoms with Crippen LogP contribution in [0.3, 0.4) is 0 Å². The first-order valence-corrected chi connectivity index (χ1v) is 12.4. The summed E-state index contributed by atoms with van der Waals surface area (Å²) in [5.41, 5.74) is 0. The van der Waals surface area contributed by atoms with Crippen molar-refractivity contribution in [1.82, 2.24) is 9.21 Å². The Bertz CT molecular complexity index is 1160. The quantitative estimate of drug-likeness (QED) is 0.510. The standard InChI is InChI=1S/C17H13Cl3N2O3S3/c18-10-1-2-11-12(9-10)26-16(15(11)20)17(23)21-5-7-22(8-6-21)28(24,25)14-4-3-13(19)27-14/h1-4,9H,5-8H2. The monoisotopic (exact) mass is 494 g/mol. The molecule has 0 bridgehead atoms. The molecule has 2 aromatic heterocycles. The van der Waals surface area contributed by atoms with Crippen molar-refractivity contribution in [3.8, 4) is 0 Å². The van der Waals surface area contributed by atoms with Crippen LogP contribution in [0.5, 0.6) is 0 Å². The lowest BCUT2D eigenvalue weighted by Crippen LogP contribution is -2.50. The van der Waals surface area contributed by atoms with Crippen LogP contribution in [0, 0.1) is 0 Å². The van der Waals surface area contributed by atoms with Crippen molar-refractivity contribution in [3.63, 3.8) is 0 Å². The smallest absolute Gasteiger partial charge is 0.265 e. The van der Waals surface area contributed by atoms with Crippen molar-refractivity contribution in [3.05, 3.63) is 49.6 Å². The molecule has 0 saturated carbocycles. The number of carbonyl (C=O) groups excluding carboxylic acids is 1. The van der Waals surface area contributed by atoms with Crippen molar-refractivity contribution in [1.29, 1.82) is 0 Å². The van der Waals surface area contributed by atoms with Crippen LogP contribution < -0.4 is 0 Å². The molecule has 1 fully saturated rings. The summed E-state index contributed by atoms with van der Waals surface area (Å²) < 4.78 is 28.2. The van der Waals surface area contributed by atoms with Gasteiger partial charge in [-0.15, -0.1) is 22.7 Å². The van der Waals surface area contributed by atoms with Crippen LogP contribution in [0.4, 0.5) is 0 Å². The molecule has 0 radical (unpaired) electrons. The number of amides is 1. The molecule has 28 heavy (non-hydrogen) atoms. The lowest BCUT2D eigenvalue weighted by molar-refractivity contribution is 0.0703. The summed E-state index contributed by atoms with van der Waals surface area (Å²) in [6, 6.07) is 8.37. The fourth-order valence-electron chi connectivity index (χ4n) is 3.02. The van der Waals surface area contributed by atoms with Crippen LogP contribution in [-0.2, 0) is 10.0 Å². The molecule has 3 aromatic rings. The zero-order chi connectivity index (χ0) is 20.1. The Morgan fingerprint density at radius 3 is 2.32 bits per heavy atom. The van der Waals surface area contributed by atoms with Crippen molar-refractivity contribution in [2.75, 3.05) is 26.2 Å². The van der Waals surface area contributed by atoms with Crippen LogP contribution in [0.2, 0.25) is 14.4 Å². The van der Waals surface area contributed by atoms with Gasteiger partial charge in [-0.1, -0.05) is 40.9 Å². The Labute approximate surface area is 185 Å². The maximum Gasteiger partial charge on any atom is 0.265 e. The second-order valence-corrected chi connectivity index (χ2v) is 11.9. The van der Waals surface area contributed by atoms with Crippen molar-refractivity contribution >= 4 is 83.5 Å². The summed E-state index contributed by atoms with van der Waals surface area (Å²) in [6.07, 6.45) is 0. The van der Waals surface area contributed by atoms with Gasteiger partial charge in [-0.3, -0.25) is 4.79 Å². The SMILES string of the molecule is O=C(c1sc2cc(Cl)ccc2c1Cl)N1CCN(S(=O)(=O)c2ccc(Cl)s2)CC1. The maximum atomic E-state index is 12.9. The number of sulfonamides is 1. The summed E-state index contributed by atoms with van der Waals surface area (Å²) in [5, 5.41) is 1.78. The van der Waals surface area contributed by atoms with Gasteiger partial charge in [-0.05, 0) is 24.3 Å². The van der Waals surface area contributed by atoms with Gasteiger partial charge >= 0.3 is 0 Å². The van der Waals surface area contributed by atoms with Gasteiger partial charge < -0.3 is 4.90 Å². The summed E-state index contributed by atoms with van der Waals surface area (Å²) in [4.78, 5) is 15.0. The largest absolute Gasteiger partial charge is 0.335 e. The lowest BCUT2D eigenvalue weighted by atomic mass is 10.2. The fraction of sp³-hybridized carbons (Fsp3) is 0.235. The first kappa shape index (κ1) is 20.4. The molecule has 4 rings (SSSR count). The summed E-state index contributed by atoms with van der Waals surface area (Å²) in [7, 11) is -3.60. The minimum absolute atomic E-state index is 0.196. The Balaban J connectivity index is 1.51. The summed E-state index contributed by atoms with van der Waals surface area (Å²) in [5.74, 6) is -0.196. The highest BCUT2D eigenvalue weighted by atomic mass is 35.5. The molecule has 11 heteroatoms. The van der Waals surface area contributed by atoms with E-state index in [0.29, 0.717) is 32.3 Å². The molecule has 1 aliphatic rings. The normalized spacial score (nSPS) is 16.0. The van der Waals surface area contributed by atoms with E-state index in [1.807, 2.05) is 0 Å². The van der Waals surface area contributed by atoms with E-state index in [1.54, 1.807) is 29.2 Å². The van der Waals surface area contributed by atoms with E-state index in [1.165, 1.54) is 21.7 Å². The Morgan fingerprint density at radius 1 is 0.964 bits per heavy atom. The van der Waals surface area contributed by atoms with Crippen LogP contribution in [-0.4, -0.2) is 49.7 Å². The molecule has 0 atom stereocenters. The van der Waals surface area contributed by atoms with E-state index in [0.717, 1.165) is 21.4 Å². The Hall–Kier alpha value is -0.870. The number of benzene rings is 1. The summed E-state index contributed by atoms with van der Waals surface area (Å²) >= 11 is 20.6. The highest BCUT2D eigenvalue weighted by Crippen LogP contribution is 2.37. The molecule has 1 amide bonds. The highest BCUT2D eigenvalue weighted by Gasteiger charge is 2.32. The first-order valence-electron chi connectivity index (χ1n) is 8.19. The molecule has 0 N–H and O–H groups in total. The lowest BCUT2D eigenvalue weighted by Gasteiger charge is -2.33. The molecule has 1 saturated heterocycles. The van der Waals surface area contributed by atoms with Crippen molar-refractivity contribution in [2.24, 2.45) is 0 Å². The van der Waals surface area contributed by atoms with Gasteiger partial charge in [-0.2, -0.15) is 4.31 Å². The predicted octanol–water partition coefficient (Wildman–Crippen LogP) is 5.07. The highest BCUT2D eigenvalue weighted by molar-refractivity contribution is 7.91. The number of hydrogen-bond donors (Lipinski definition) is 0. The van der Waals surface area contributed by atoms with Gasteiger partial charge in [0.2, 0.25) is 0 Å². The van der Waals surface area contributed by atoms with E-state index in [9.17, 15) is 13.2 Å². The zero-order valence-electron chi connectivity index (χ0n) is 14.2. The minimum atomic E-state index is -3.60. The van der Waals surface area contributed by atoms with Gasteiger partial charge in [0.1, 0.15) is 9.09 Å². The van der Waals surface area contributed by atoms with E-state index in [4.69, 9.17) is 34.8 Å². The third-order valence-electron chi connectivity index (χ3n) is 4.45. The topological polar surface area (TPSA) is 57.7 Å². The van der Waals surface area contributed by atoms with Gasteiger partial charge in [0.15, 0.2) is 0 Å². The number of thiophene rings is 2. The number of rotatable bonds is 3. The van der Waals surface area contributed by atoms with E-state index in [-0.39, 0.29) is 23.2 Å². The van der Waals surface area contributed by atoms with Crippen LogP contribution in [0.25, 0.3) is 10.1 Å². The number of halogens is 3. The molecule has 148 valence electrons. The minimum Gasteiger partial charge on any atom is -0.335 e. The maximum absolute atomic E-state index is 12.9. The Kier molecular flexibility index (Phi) is 5.65.